The van der Waals surface area contributed by atoms with Crippen LogP contribution in [0, 0.1) is 0 Å². The van der Waals surface area contributed by atoms with Crippen LogP contribution in [0.25, 0.3) is 6.08 Å². The maximum absolute atomic E-state index is 12.7. The van der Waals surface area contributed by atoms with Gasteiger partial charge in [-0.05, 0) is 57.2 Å². The maximum atomic E-state index is 12.7. The molecule has 0 unspecified atom stereocenters. The number of para-hydroxylation sites is 1. The van der Waals surface area contributed by atoms with Gasteiger partial charge in [-0.25, -0.2) is 5.01 Å². The molecular formula is C20H19ClN2O3. The van der Waals surface area contributed by atoms with Gasteiger partial charge in [-0.15, -0.1) is 0 Å². The van der Waals surface area contributed by atoms with E-state index in [1.54, 1.807) is 42.5 Å². The van der Waals surface area contributed by atoms with E-state index in [1.165, 1.54) is 11.1 Å². The van der Waals surface area contributed by atoms with Crippen molar-refractivity contribution < 1.29 is 14.3 Å². The minimum Gasteiger partial charge on any atom is -0.488 e. The standard InChI is InChI=1S/C20H19ClN2O3/c1-20(2,3)26-17-10-9-14(21)11-13(17)12-16-18(24)22-23(19(16)25)15-7-5-4-6-8-15/h4-12H,1-3H3,(H,22,24). The third-order valence-corrected chi connectivity index (χ3v) is 3.83. The highest BCUT2D eigenvalue weighted by Gasteiger charge is 2.34. The van der Waals surface area contributed by atoms with Crippen LogP contribution in [0.2, 0.25) is 5.02 Å². The number of nitrogens with zero attached hydrogens (tertiary/aromatic N) is 1. The summed E-state index contributed by atoms with van der Waals surface area (Å²) in [5.74, 6) is -0.350. The molecule has 2 aromatic rings. The first-order valence-electron chi connectivity index (χ1n) is 8.15. The molecule has 1 N–H and O–H groups in total. The highest BCUT2D eigenvalue weighted by molar-refractivity contribution is 6.32. The smallest absolute Gasteiger partial charge is 0.282 e. The van der Waals surface area contributed by atoms with Gasteiger partial charge in [0, 0.05) is 10.6 Å². The third-order valence-electron chi connectivity index (χ3n) is 3.59. The first-order valence-corrected chi connectivity index (χ1v) is 8.53. The Morgan fingerprint density at radius 2 is 1.77 bits per heavy atom. The number of halogens is 1. The predicted octanol–water partition coefficient (Wildman–Crippen LogP) is 3.98. The molecule has 134 valence electrons. The quantitative estimate of drug-likeness (QED) is 0.656. The number of nitrogens with one attached hydrogen (secondary N) is 1. The van der Waals surface area contributed by atoms with Crippen LogP contribution < -0.4 is 15.2 Å². The van der Waals surface area contributed by atoms with Gasteiger partial charge in [0.25, 0.3) is 11.8 Å². The van der Waals surface area contributed by atoms with E-state index in [0.29, 0.717) is 22.0 Å². The van der Waals surface area contributed by atoms with Crippen LogP contribution in [0.15, 0.2) is 54.1 Å². The van der Waals surface area contributed by atoms with Crippen LogP contribution in [-0.2, 0) is 9.59 Å². The minimum absolute atomic E-state index is 0.0230. The second-order valence-electron chi connectivity index (χ2n) is 6.87. The third kappa shape index (κ3) is 3.89. The number of amides is 2. The Kier molecular flexibility index (Phi) is 4.74. The van der Waals surface area contributed by atoms with Crippen molar-refractivity contribution in [3.05, 3.63) is 64.7 Å². The number of hydrazine groups is 1. The van der Waals surface area contributed by atoms with E-state index in [1.807, 2.05) is 26.8 Å². The largest absolute Gasteiger partial charge is 0.488 e. The van der Waals surface area contributed by atoms with Gasteiger partial charge in [-0.2, -0.15) is 0 Å². The van der Waals surface area contributed by atoms with E-state index >= 15 is 0 Å². The number of anilines is 1. The molecule has 6 heteroatoms. The van der Waals surface area contributed by atoms with Gasteiger partial charge in [0.05, 0.1) is 5.69 Å². The van der Waals surface area contributed by atoms with Crippen LogP contribution in [0.4, 0.5) is 5.69 Å². The van der Waals surface area contributed by atoms with Crippen LogP contribution >= 0.6 is 11.6 Å². The van der Waals surface area contributed by atoms with Gasteiger partial charge < -0.3 is 4.74 Å². The fourth-order valence-electron chi connectivity index (χ4n) is 2.53. The first-order chi connectivity index (χ1) is 12.2. The number of carbonyl (C=O) groups excluding carboxylic acids is 2. The van der Waals surface area contributed by atoms with Crippen molar-refractivity contribution in [3.8, 4) is 5.75 Å². The lowest BCUT2D eigenvalue weighted by molar-refractivity contribution is -0.117. The molecule has 0 radical (unpaired) electrons. The van der Waals surface area contributed by atoms with Crippen molar-refractivity contribution in [1.29, 1.82) is 0 Å². The van der Waals surface area contributed by atoms with Gasteiger partial charge in [-0.3, -0.25) is 15.0 Å². The average Bonchev–Trinajstić information content (AvgIpc) is 2.85. The lowest BCUT2D eigenvalue weighted by Crippen LogP contribution is -2.35. The lowest BCUT2D eigenvalue weighted by atomic mass is 10.1. The predicted molar refractivity (Wildman–Crippen MR) is 102 cm³/mol. The Labute approximate surface area is 157 Å². The van der Waals surface area contributed by atoms with Crippen LogP contribution in [0.5, 0.6) is 5.75 Å². The molecule has 0 aromatic heterocycles. The summed E-state index contributed by atoms with van der Waals surface area (Å²) in [6.07, 6.45) is 1.51. The molecule has 1 saturated heterocycles. The molecular weight excluding hydrogens is 352 g/mol. The monoisotopic (exact) mass is 370 g/mol. The number of rotatable bonds is 3. The van der Waals surface area contributed by atoms with E-state index in [-0.39, 0.29) is 5.57 Å². The van der Waals surface area contributed by atoms with Crippen molar-refractivity contribution in [2.24, 2.45) is 0 Å². The Balaban J connectivity index is 1.99. The van der Waals surface area contributed by atoms with Crippen LogP contribution in [-0.4, -0.2) is 17.4 Å². The molecule has 1 aliphatic heterocycles. The van der Waals surface area contributed by atoms with E-state index in [0.717, 1.165) is 0 Å². The zero-order valence-corrected chi connectivity index (χ0v) is 15.5. The molecule has 1 heterocycles. The lowest BCUT2D eigenvalue weighted by Gasteiger charge is -2.22. The zero-order chi connectivity index (χ0) is 18.9. The summed E-state index contributed by atoms with van der Waals surface area (Å²) < 4.78 is 5.92. The molecule has 1 aliphatic rings. The van der Waals surface area contributed by atoms with Crippen LogP contribution in [0.1, 0.15) is 26.3 Å². The highest BCUT2D eigenvalue weighted by atomic mass is 35.5. The molecule has 1 fully saturated rings. The van der Waals surface area contributed by atoms with Crippen molar-refractivity contribution >= 4 is 35.2 Å². The molecule has 0 spiro atoms. The van der Waals surface area contributed by atoms with Gasteiger partial charge >= 0.3 is 0 Å². The van der Waals surface area contributed by atoms with E-state index < -0.39 is 17.4 Å². The Morgan fingerprint density at radius 1 is 1.08 bits per heavy atom. The van der Waals surface area contributed by atoms with Gasteiger partial charge in [0.1, 0.15) is 16.9 Å². The van der Waals surface area contributed by atoms with Gasteiger partial charge in [0.15, 0.2) is 0 Å². The topological polar surface area (TPSA) is 58.6 Å². The van der Waals surface area contributed by atoms with E-state index in [9.17, 15) is 9.59 Å². The van der Waals surface area contributed by atoms with E-state index in [2.05, 4.69) is 5.43 Å². The summed E-state index contributed by atoms with van der Waals surface area (Å²) in [5, 5.41) is 1.71. The number of benzene rings is 2. The van der Waals surface area contributed by atoms with Crippen molar-refractivity contribution in [3.63, 3.8) is 0 Å². The molecule has 5 nitrogen and oxygen atoms in total. The number of hydrogen-bond acceptors (Lipinski definition) is 3. The molecule has 0 aliphatic carbocycles. The second kappa shape index (κ2) is 6.84. The SMILES string of the molecule is CC(C)(C)Oc1ccc(Cl)cc1C=C1C(=O)NN(c2ccccc2)C1=O. The summed E-state index contributed by atoms with van der Waals surface area (Å²) in [7, 11) is 0. The second-order valence-corrected chi connectivity index (χ2v) is 7.31. The first kappa shape index (κ1) is 18.0. The molecule has 3 rings (SSSR count). The van der Waals surface area contributed by atoms with Crippen molar-refractivity contribution in [1.82, 2.24) is 5.43 Å². The van der Waals surface area contributed by atoms with Gasteiger partial charge in [0.2, 0.25) is 0 Å². The average molecular weight is 371 g/mol. The normalized spacial score (nSPS) is 16.2. The molecule has 0 atom stereocenters. The Bertz CT molecular complexity index is 886. The van der Waals surface area contributed by atoms with Crippen LogP contribution in [0.3, 0.4) is 0 Å². The summed E-state index contributed by atoms with van der Waals surface area (Å²) >= 11 is 6.09. The summed E-state index contributed by atoms with van der Waals surface area (Å²) in [6.45, 7) is 5.76. The number of hydrogen-bond donors (Lipinski definition) is 1. The number of carbonyl (C=O) groups is 2. The Morgan fingerprint density at radius 3 is 2.42 bits per heavy atom. The fourth-order valence-corrected chi connectivity index (χ4v) is 2.71. The molecule has 2 amide bonds. The Hall–Kier alpha value is -2.79. The summed E-state index contributed by atoms with van der Waals surface area (Å²) in [5.41, 5.74) is 3.33. The molecule has 2 aromatic carbocycles. The summed E-state index contributed by atoms with van der Waals surface area (Å²) in [6, 6.07) is 14.0. The maximum Gasteiger partial charge on any atom is 0.282 e. The summed E-state index contributed by atoms with van der Waals surface area (Å²) in [4.78, 5) is 25.0. The zero-order valence-electron chi connectivity index (χ0n) is 14.7. The van der Waals surface area contributed by atoms with Crippen molar-refractivity contribution in [2.45, 2.75) is 26.4 Å². The molecule has 0 saturated carbocycles. The van der Waals surface area contributed by atoms with Crippen molar-refractivity contribution in [2.75, 3.05) is 5.01 Å². The van der Waals surface area contributed by atoms with E-state index in [4.69, 9.17) is 16.3 Å². The highest BCUT2D eigenvalue weighted by Crippen LogP contribution is 2.30. The number of ether oxygens (including phenoxy) is 1. The molecule has 26 heavy (non-hydrogen) atoms. The fraction of sp³-hybridized carbons (Fsp3) is 0.200. The minimum atomic E-state index is -0.472. The molecule has 0 bridgehead atoms. The van der Waals surface area contributed by atoms with Gasteiger partial charge in [-0.1, -0.05) is 29.8 Å².